The first-order valence-electron chi connectivity index (χ1n) is 10.0. The van der Waals surface area contributed by atoms with Crippen LogP contribution < -0.4 is 0 Å². The summed E-state index contributed by atoms with van der Waals surface area (Å²) in [5.74, 6) is 0.708. The van der Waals surface area contributed by atoms with Crippen molar-refractivity contribution in [1.82, 2.24) is 9.38 Å². The SMILES string of the molecule is CCc1nc2ccc(Cl)cn2c1C(=O)CCc1ccc(C2CCOCC2)cc1. The van der Waals surface area contributed by atoms with Crippen molar-refractivity contribution in [3.8, 4) is 0 Å². The Morgan fingerprint density at radius 2 is 1.93 bits per heavy atom. The molecular formula is C23H25ClN2O2. The molecule has 5 heteroatoms. The molecule has 2 aromatic heterocycles. The van der Waals surface area contributed by atoms with Crippen molar-refractivity contribution in [2.24, 2.45) is 0 Å². The van der Waals surface area contributed by atoms with E-state index in [1.807, 2.05) is 17.4 Å². The Kier molecular flexibility index (Phi) is 5.79. The zero-order chi connectivity index (χ0) is 19.5. The van der Waals surface area contributed by atoms with Gasteiger partial charge in [0.15, 0.2) is 5.78 Å². The summed E-state index contributed by atoms with van der Waals surface area (Å²) in [6, 6.07) is 12.4. The minimum atomic E-state index is 0.111. The maximum Gasteiger partial charge on any atom is 0.181 e. The standard InChI is InChI=1S/C23H25ClN2O2/c1-2-20-23(26-15-19(24)8-10-22(26)25-20)21(27)9-5-16-3-6-17(7-4-16)18-11-13-28-14-12-18/h3-4,6-8,10,15,18H,2,5,9,11-14H2,1H3. The van der Waals surface area contributed by atoms with Gasteiger partial charge in [-0.05, 0) is 54.9 Å². The maximum absolute atomic E-state index is 13.0. The van der Waals surface area contributed by atoms with Crippen molar-refractivity contribution < 1.29 is 9.53 Å². The minimum absolute atomic E-state index is 0.111. The van der Waals surface area contributed by atoms with Crippen LogP contribution in [0.2, 0.25) is 5.02 Å². The normalized spacial score (nSPS) is 15.2. The van der Waals surface area contributed by atoms with Crippen LogP contribution in [0.25, 0.3) is 5.65 Å². The van der Waals surface area contributed by atoms with Gasteiger partial charge in [0, 0.05) is 25.8 Å². The number of nitrogens with zero attached hydrogens (tertiary/aromatic N) is 2. The number of pyridine rings is 1. The molecule has 0 saturated carbocycles. The molecule has 1 aliphatic rings. The van der Waals surface area contributed by atoms with Crippen molar-refractivity contribution in [2.75, 3.05) is 13.2 Å². The number of carbonyl (C=O) groups excluding carboxylic acids is 1. The lowest BCUT2D eigenvalue weighted by Crippen LogP contribution is -2.14. The molecule has 1 fully saturated rings. The molecule has 0 amide bonds. The molecular weight excluding hydrogens is 372 g/mol. The fourth-order valence-electron chi connectivity index (χ4n) is 3.97. The maximum atomic E-state index is 13.0. The Morgan fingerprint density at radius 1 is 1.18 bits per heavy atom. The number of ketones is 1. The second-order valence-electron chi connectivity index (χ2n) is 7.39. The summed E-state index contributed by atoms with van der Waals surface area (Å²) in [4.78, 5) is 17.6. The quantitative estimate of drug-likeness (QED) is 0.534. The van der Waals surface area contributed by atoms with Crippen molar-refractivity contribution in [2.45, 2.75) is 44.9 Å². The van der Waals surface area contributed by atoms with Crippen LogP contribution >= 0.6 is 11.6 Å². The summed E-state index contributed by atoms with van der Waals surface area (Å²) in [6.45, 7) is 3.73. The van der Waals surface area contributed by atoms with E-state index in [4.69, 9.17) is 16.3 Å². The van der Waals surface area contributed by atoms with E-state index in [1.165, 1.54) is 11.1 Å². The molecule has 3 heterocycles. The molecule has 1 aliphatic heterocycles. The van der Waals surface area contributed by atoms with Gasteiger partial charge in [0.2, 0.25) is 0 Å². The molecule has 4 nitrogen and oxygen atoms in total. The lowest BCUT2D eigenvalue weighted by molar-refractivity contribution is 0.0853. The molecule has 0 aliphatic carbocycles. The third-order valence-electron chi connectivity index (χ3n) is 5.57. The number of carbonyl (C=O) groups is 1. The van der Waals surface area contributed by atoms with Gasteiger partial charge in [0.25, 0.3) is 0 Å². The van der Waals surface area contributed by atoms with E-state index in [0.29, 0.717) is 23.1 Å². The molecule has 0 radical (unpaired) electrons. The van der Waals surface area contributed by atoms with Gasteiger partial charge >= 0.3 is 0 Å². The Labute approximate surface area is 170 Å². The fourth-order valence-corrected chi connectivity index (χ4v) is 4.13. The number of hydrogen-bond donors (Lipinski definition) is 0. The molecule has 0 unspecified atom stereocenters. The lowest BCUT2D eigenvalue weighted by Gasteiger charge is -2.22. The first-order valence-corrected chi connectivity index (χ1v) is 10.4. The Balaban J connectivity index is 1.47. The Hall–Kier alpha value is -2.17. The molecule has 146 valence electrons. The van der Waals surface area contributed by atoms with Crippen LogP contribution in [0, 0.1) is 0 Å². The molecule has 4 rings (SSSR count). The average molecular weight is 397 g/mol. The molecule has 0 spiro atoms. The minimum Gasteiger partial charge on any atom is -0.381 e. The number of ether oxygens (including phenoxy) is 1. The van der Waals surface area contributed by atoms with E-state index in [-0.39, 0.29) is 5.78 Å². The first-order chi connectivity index (χ1) is 13.7. The average Bonchev–Trinajstić information content (AvgIpc) is 3.11. The second-order valence-corrected chi connectivity index (χ2v) is 7.82. The van der Waals surface area contributed by atoms with Crippen LogP contribution in [-0.4, -0.2) is 28.4 Å². The van der Waals surface area contributed by atoms with Crippen molar-refractivity contribution in [3.05, 3.63) is 70.1 Å². The van der Waals surface area contributed by atoms with Gasteiger partial charge in [-0.2, -0.15) is 0 Å². The molecule has 1 aromatic carbocycles. The van der Waals surface area contributed by atoms with Gasteiger partial charge in [0.1, 0.15) is 11.3 Å². The third-order valence-corrected chi connectivity index (χ3v) is 5.79. The predicted molar refractivity (Wildman–Crippen MR) is 111 cm³/mol. The summed E-state index contributed by atoms with van der Waals surface area (Å²) in [7, 11) is 0. The number of Topliss-reactive ketones (excluding diaryl/α,β-unsaturated/α-hetero) is 1. The van der Waals surface area contributed by atoms with E-state index in [0.717, 1.165) is 50.2 Å². The number of halogens is 1. The van der Waals surface area contributed by atoms with E-state index >= 15 is 0 Å². The molecule has 3 aromatic rings. The Morgan fingerprint density at radius 3 is 2.64 bits per heavy atom. The van der Waals surface area contributed by atoms with E-state index in [1.54, 1.807) is 12.3 Å². The Bertz CT molecular complexity index is 972. The number of hydrogen-bond acceptors (Lipinski definition) is 3. The highest BCUT2D eigenvalue weighted by Gasteiger charge is 2.19. The number of benzene rings is 1. The molecule has 0 N–H and O–H groups in total. The molecule has 28 heavy (non-hydrogen) atoms. The van der Waals surface area contributed by atoms with Crippen molar-refractivity contribution >= 4 is 23.0 Å². The predicted octanol–water partition coefficient (Wildman–Crippen LogP) is 5.26. The van der Waals surface area contributed by atoms with Crippen LogP contribution in [0.1, 0.15) is 59.4 Å². The van der Waals surface area contributed by atoms with E-state index in [2.05, 4.69) is 29.2 Å². The zero-order valence-corrected chi connectivity index (χ0v) is 16.9. The fraction of sp³-hybridized carbons (Fsp3) is 0.391. The summed E-state index contributed by atoms with van der Waals surface area (Å²) < 4.78 is 7.28. The van der Waals surface area contributed by atoms with Gasteiger partial charge in [-0.1, -0.05) is 42.8 Å². The van der Waals surface area contributed by atoms with Crippen LogP contribution in [0.15, 0.2) is 42.6 Å². The number of rotatable bonds is 6. The molecule has 1 saturated heterocycles. The number of imidazole rings is 1. The monoisotopic (exact) mass is 396 g/mol. The lowest BCUT2D eigenvalue weighted by atomic mass is 9.91. The van der Waals surface area contributed by atoms with Gasteiger partial charge in [-0.15, -0.1) is 0 Å². The van der Waals surface area contributed by atoms with E-state index in [9.17, 15) is 4.79 Å². The van der Waals surface area contributed by atoms with Gasteiger partial charge < -0.3 is 4.74 Å². The van der Waals surface area contributed by atoms with Crippen LogP contribution in [0.4, 0.5) is 0 Å². The van der Waals surface area contributed by atoms with Crippen LogP contribution in [0.3, 0.4) is 0 Å². The molecule has 0 atom stereocenters. The summed E-state index contributed by atoms with van der Waals surface area (Å²) in [6.07, 6.45) is 5.87. The highest BCUT2D eigenvalue weighted by Crippen LogP contribution is 2.27. The molecule has 0 bridgehead atoms. The highest BCUT2D eigenvalue weighted by molar-refractivity contribution is 6.30. The summed E-state index contributed by atoms with van der Waals surface area (Å²) >= 11 is 6.13. The van der Waals surface area contributed by atoms with Crippen LogP contribution in [0.5, 0.6) is 0 Å². The first kappa shape index (κ1) is 19.2. The highest BCUT2D eigenvalue weighted by atomic mass is 35.5. The summed E-state index contributed by atoms with van der Waals surface area (Å²) in [5.41, 5.74) is 4.84. The van der Waals surface area contributed by atoms with E-state index < -0.39 is 0 Å². The van der Waals surface area contributed by atoms with Crippen molar-refractivity contribution in [1.29, 1.82) is 0 Å². The largest absolute Gasteiger partial charge is 0.381 e. The second kappa shape index (κ2) is 8.46. The van der Waals surface area contributed by atoms with Gasteiger partial charge in [-0.25, -0.2) is 4.98 Å². The van der Waals surface area contributed by atoms with Gasteiger partial charge in [0.05, 0.1) is 10.7 Å². The number of aryl methyl sites for hydroxylation is 2. The van der Waals surface area contributed by atoms with Crippen molar-refractivity contribution in [3.63, 3.8) is 0 Å². The number of aromatic nitrogens is 2. The van der Waals surface area contributed by atoms with Crippen LogP contribution in [-0.2, 0) is 17.6 Å². The smallest absolute Gasteiger partial charge is 0.181 e. The summed E-state index contributed by atoms with van der Waals surface area (Å²) in [5, 5.41) is 0.602. The van der Waals surface area contributed by atoms with Gasteiger partial charge in [-0.3, -0.25) is 9.20 Å². The number of fused-ring (bicyclic) bond motifs is 1. The third kappa shape index (κ3) is 3.98. The topological polar surface area (TPSA) is 43.6 Å². The zero-order valence-electron chi connectivity index (χ0n) is 16.2.